The molecule has 2 heterocycles. The van der Waals surface area contributed by atoms with E-state index in [4.69, 9.17) is 9.40 Å². The number of likely N-dealkylation sites (tertiary alicyclic amines) is 1. The minimum absolute atomic E-state index is 0.689. The van der Waals surface area contributed by atoms with Gasteiger partial charge in [-0.15, -0.1) is 0 Å². The standard InChI is InChI=1S/C22H24N2O2S/c1-16-21(12-15-24-13-3-14-24)23-22(26-16)19-6-4-17(5-7-19)18-8-10-20(11-9-18)27(2)25/h4-11H,3,12-15H2,1-2H3. The average molecular weight is 381 g/mol. The molecule has 140 valence electrons. The molecule has 3 aromatic rings. The van der Waals surface area contributed by atoms with Gasteiger partial charge in [-0.2, -0.15) is 0 Å². The molecule has 0 spiro atoms. The van der Waals surface area contributed by atoms with Crippen molar-refractivity contribution in [3.63, 3.8) is 0 Å². The molecule has 4 nitrogen and oxygen atoms in total. The summed E-state index contributed by atoms with van der Waals surface area (Å²) in [5.74, 6) is 1.60. The lowest BCUT2D eigenvalue weighted by Crippen LogP contribution is -2.38. The third kappa shape index (κ3) is 4.04. The topological polar surface area (TPSA) is 46.3 Å². The summed E-state index contributed by atoms with van der Waals surface area (Å²) in [5, 5.41) is 0. The van der Waals surface area contributed by atoms with Crippen LogP contribution >= 0.6 is 0 Å². The van der Waals surface area contributed by atoms with Gasteiger partial charge in [-0.1, -0.05) is 24.3 Å². The molecular weight excluding hydrogens is 356 g/mol. The van der Waals surface area contributed by atoms with Gasteiger partial charge in [0.2, 0.25) is 5.89 Å². The van der Waals surface area contributed by atoms with E-state index in [9.17, 15) is 4.21 Å². The van der Waals surface area contributed by atoms with E-state index >= 15 is 0 Å². The zero-order valence-corrected chi connectivity index (χ0v) is 16.6. The zero-order chi connectivity index (χ0) is 18.8. The summed E-state index contributed by atoms with van der Waals surface area (Å²) in [4.78, 5) is 8.01. The van der Waals surface area contributed by atoms with Gasteiger partial charge in [0, 0.05) is 40.5 Å². The van der Waals surface area contributed by atoms with E-state index in [2.05, 4.69) is 17.0 Å². The minimum atomic E-state index is -0.948. The van der Waals surface area contributed by atoms with Crippen LogP contribution in [0.25, 0.3) is 22.6 Å². The third-order valence-corrected chi connectivity index (χ3v) is 6.09. The van der Waals surface area contributed by atoms with Gasteiger partial charge in [0.1, 0.15) is 5.76 Å². The van der Waals surface area contributed by atoms with Gasteiger partial charge in [0.15, 0.2) is 0 Å². The Balaban J connectivity index is 1.49. The van der Waals surface area contributed by atoms with E-state index in [0.29, 0.717) is 5.89 Å². The second-order valence-electron chi connectivity index (χ2n) is 7.02. The van der Waals surface area contributed by atoms with Crippen LogP contribution in [0.15, 0.2) is 57.8 Å². The Morgan fingerprint density at radius 2 is 1.59 bits per heavy atom. The molecular formula is C22H24N2O2S. The van der Waals surface area contributed by atoms with Crippen molar-refractivity contribution in [1.29, 1.82) is 0 Å². The number of benzene rings is 2. The molecule has 1 unspecified atom stereocenters. The lowest BCUT2D eigenvalue weighted by molar-refractivity contribution is 0.183. The lowest BCUT2D eigenvalue weighted by atomic mass is 10.0. The van der Waals surface area contributed by atoms with Crippen LogP contribution in [0, 0.1) is 6.92 Å². The van der Waals surface area contributed by atoms with Crippen molar-refractivity contribution in [3.05, 3.63) is 60.0 Å². The van der Waals surface area contributed by atoms with Crippen LogP contribution in [0.1, 0.15) is 17.9 Å². The van der Waals surface area contributed by atoms with E-state index in [-0.39, 0.29) is 0 Å². The fourth-order valence-electron chi connectivity index (χ4n) is 3.30. The van der Waals surface area contributed by atoms with Crippen LogP contribution in [-0.2, 0) is 17.2 Å². The second kappa shape index (κ2) is 7.79. The number of nitrogens with zero attached hydrogens (tertiary/aromatic N) is 2. The van der Waals surface area contributed by atoms with E-state index in [1.807, 2.05) is 43.3 Å². The first kappa shape index (κ1) is 18.1. The van der Waals surface area contributed by atoms with Crippen molar-refractivity contribution in [2.75, 3.05) is 25.9 Å². The summed E-state index contributed by atoms with van der Waals surface area (Å²) in [6, 6.07) is 16.1. The molecule has 1 aliphatic heterocycles. The molecule has 1 aliphatic rings. The van der Waals surface area contributed by atoms with Crippen molar-refractivity contribution in [2.24, 2.45) is 0 Å². The Labute approximate surface area is 162 Å². The van der Waals surface area contributed by atoms with Gasteiger partial charge in [-0.05, 0) is 61.8 Å². The SMILES string of the molecule is Cc1oc(-c2ccc(-c3ccc(S(C)=O)cc3)cc2)nc1CCN1CCC1. The summed E-state index contributed by atoms with van der Waals surface area (Å²) in [7, 11) is -0.948. The summed E-state index contributed by atoms with van der Waals surface area (Å²) < 4.78 is 17.4. The second-order valence-corrected chi connectivity index (χ2v) is 8.40. The van der Waals surface area contributed by atoms with Crippen molar-refractivity contribution in [2.45, 2.75) is 24.7 Å². The smallest absolute Gasteiger partial charge is 0.226 e. The van der Waals surface area contributed by atoms with Crippen LogP contribution < -0.4 is 0 Å². The maximum atomic E-state index is 11.5. The largest absolute Gasteiger partial charge is 0.441 e. The molecule has 0 radical (unpaired) electrons. The van der Waals surface area contributed by atoms with Gasteiger partial charge < -0.3 is 9.32 Å². The fraction of sp³-hybridized carbons (Fsp3) is 0.318. The molecule has 0 amide bonds. The van der Waals surface area contributed by atoms with E-state index in [1.165, 1.54) is 19.5 Å². The molecule has 2 aromatic carbocycles. The van der Waals surface area contributed by atoms with Crippen LogP contribution in [0.4, 0.5) is 0 Å². The monoisotopic (exact) mass is 380 g/mol. The molecule has 1 fully saturated rings. The molecule has 1 atom stereocenters. The van der Waals surface area contributed by atoms with Crippen molar-refractivity contribution in [1.82, 2.24) is 9.88 Å². The highest BCUT2D eigenvalue weighted by atomic mass is 32.2. The van der Waals surface area contributed by atoms with Crippen molar-refractivity contribution in [3.8, 4) is 22.6 Å². The number of rotatable bonds is 6. The van der Waals surface area contributed by atoms with Crippen molar-refractivity contribution >= 4 is 10.8 Å². The highest BCUT2D eigenvalue weighted by Crippen LogP contribution is 2.26. The van der Waals surface area contributed by atoms with Crippen LogP contribution in [-0.4, -0.2) is 40.0 Å². The van der Waals surface area contributed by atoms with Gasteiger partial charge in [-0.3, -0.25) is 4.21 Å². The zero-order valence-electron chi connectivity index (χ0n) is 15.8. The summed E-state index contributed by atoms with van der Waals surface area (Å²) in [6.07, 6.45) is 3.95. The van der Waals surface area contributed by atoms with Gasteiger partial charge in [0.25, 0.3) is 0 Å². The summed E-state index contributed by atoms with van der Waals surface area (Å²) in [5.41, 5.74) is 4.27. The lowest BCUT2D eigenvalue weighted by Gasteiger charge is -2.30. The molecule has 1 aromatic heterocycles. The Morgan fingerprint density at radius 3 is 2.15 bits per heavy atom. The highest BCUT2D eigenvalue weighted by Gasteiger charge is 2.16. The molecule has 0 aliphatic carbocycles. The molecule has 27 heavy (non-hydrogen) atoms. The quantitative estimate of drug-likeness (QED) is 0.640. The van der Waals surface area contributed by atoms with E-state index in [1.54, 1.807) is 6.26 Å². The van der Waals surface area contributed by atoms with E-state index < -0.39 is 10.8 Å². The Hall–Kier alpha value is -2.24. The summed E-state index contributed by atoms with van der Waals surface area (Å²) >= 11 is 0. The summed E-state index contributed by atoms with van der Waals surface area (Å²) in [6.45, 7) is 5.47. The van der Waals surface area contributed by atoms with Crippen LogP contribution in [0.3, 0.4) is 0 Å². The van der Waals surface area contributed by atoms with E-state index in [0.717, 1.165) is 46.0 Å². The van der Waals surface area contributed by atoms with Crippen LogP contribution in [0.2, 0.25) is 0 Å². The van der Waals surface area contributed by atoms with Gasteiger partial charge in [-0.25, -0.2) is 4.98 Å². The number of aryl methyl sites for hydroxylation is 1. The Bertz CT molecular complexity index is 941. The normalized spacial score (nSPS) is 15.5. The molecule has 4 rings (SSSR count). The molecule has 0 saturated carbocycles. The number of hydrogen-bond donors (Lipinski definition) is 0. The molecule has 0 N–H and O–H groups in total. The predicted octanol–water partition coefficient (Wildman–Crippen LogP) is 4.30. The molecule has 0 bridgehead atoms. The fourth-order valence-corrected chi connectivity index (χ4v) is 3.82. The van der Waals surface area contributed by atoms with Crippen LogP contribution in [0.5, 0.6) is 0 Å². The molecule has 5 heteroatoms. The highest BCUT2D eigenvalue weighted by molar-refractivity contribution is 7.84. The van der Waals surface area contributed by atoms with Crippen molar-refractivity contribution < 1.29 is 8.63 Å². The molecule has 1 saturated heterocycles. The Morgan fingerprint density at radius 1 is 1.00 bits per heavy atom. The maximum absolute atomic E-state index is 11.5. The predicted molar refractivity (Wildman–Crippen MR) is 109 cm³/mol. The Kier molecular flexibility index (Phi) is 5.23. The third-order valence-electron chi connectivity index (χ3n) is 5.16. The first-order valence-corrected chi connectivity index (χ1v) is 10.9. The minimum Gasteiger partial charge on any atom is -0.441 e. The number of aromatic nitrogens is 1. The maximum Gasteiger partial charge on any atom is 0.226 e. The number of oxazole rings is 1. The van der Waals surface area contributed by atoms with Gasteiger partial charge >= 0.3 is 0 Å². The van der Waals surface area contributed by atoms with Gasteiger partial charge in [0.05, 0.1) is 5.69 Å². The first-order chi connectivity index (χ1) is 13.1. The average Bonchev–Trinajstić information content (AvgIpc) is 3.01. The first-order valence-electron chi connectivity index (χ1n) is 9.33. The number of hydrogen-bond acceptors (Lipinski definition) is 4.